The van der Waals surface area contributed by atoms with E-state index in [-0.39, 0.29) is 10.8 Å². The monoisotopic (exact) mass is 410 g/mol. The van der Waals surface area contributed by atoms with Crippen LogP contribution in [-0.2, 0) is 9.84 Å². The van der Waals surface area contributed by atoms with E-state index < -0.39 is 9.84 Å². The molecule has 0 unspecified atom stereocenters. The highest BCUT2D eigenvalue weighted by Gasteiger charge is 2.15. The number of hydrogen-bond acceptors (Lipinski definition) is 8. The van der Waals surface area contributed by atoms with Crippen LogP contribution in [0.15, 0.2) is 28.5 Å². The van der Waals surface area contributed by atoms with Crippen molar-refractivity contribution in [2.24, 2.45) is 5.92 Å². The minimum Gasteiger partial charge on any atom is -0.361 e. The predicted molar refractivity (Wildman–Crippen MR) is 106 cm³/mol. The molecular weight excluding hydrogens is 392 g/mol. The molecule has 7 nitrogen and oxygen atoms in total. The number of hydrogen-bond donors (Lipinski definition) is 2. The fourth-order valence-electron chi connectivity index (χ4n) is 2.10. The molecule has 26 heavy (non-hydrogen) atoms. The SMILES string of the molecule is CC(C)CNc1nc(C(=O)Nc2nc3ccc(S(C)(=O)=O)cc3s2)cs1. The van der Waals surface area contributed by atoms with Crippen LogP contribution in [0.2, 0.25) is 0 Å². The molecule has 0 aliphatic rings. The molecule has 0 aliphatic heterocycles. The topological polar surface area (TPSA) is 101 Å². The average molecular weight is 411 g/mol. The van der Waals surface area contributed by atoms with Crippen LogP contribution in [0.25, 0.3) is 10.2 Å². The van der Waals surface area contributed by atoms with Gasteiger partial charge in [-0.3, -0.25) is 10.1 Å². The van der Waals surface area contributed by atoms with E-state index in [9.17, 15) is 13.2 Å². The lowest BCUT2D eigenvalue weighted by atomic mass is 10.2. The Hall–Kier alpha value is -2.04. The number of nitrogens with one attached hydrogen (secondary N) is 2. The first-order valence-corrected chi connectivity index (χ1v) is 11.4. The van der Waals surface area contributed by atoms with Gasteiger partial charge in [-0.05, 0) is 24.1 Å². The molecule has 0 spiro atoms. The lowest BCUT2D eigenvalue weighted by Gasteiger charge is -2.04. The minimum absolute atomic E-state index is 0.229. The number of thiazole rings is 2. The zero-order valence-electron chi connectivity index (χ0n) is 14.4. The van der Waals surface area contributed by atoms with Gasteiger partial charge in [-0.15, -0.1) is 11.3 Å². The van der Waals surface area contributed by atoms with E-state index >= 15 is 0 Å². The van der Waals surface area contributed by atoms with Crippen molar-refractivity contribution in [1.82, 2.24) is 9.97 Å². The second-order valence-corrected chi connectivity index (χ2v) is 10.1. The lowest BCUT2D eigenvalue weighted by molar-refractivity contribution is 0.102. The predicted octanol–water partition coefficient (Wildman–Crippen LogP) is 3.48. The molecule has 1 amide bonds. The Morgan fingerprint density at radius 3 is 2.69 bits per heavy atom. The van der Waals surface area contributed by atoms with Gasteiger partial charge in [-0.2, -0.15) is 0 Å². The Labute approximate surface area is 159 Å². The van der Waals surface area contributed by atoms with E-state index in [1.54, 1.807) is 17.5 Å². The number of nitrogens with zero attached hydrogens (tertiary/aromatic N) is 2. The Morgan fingerprint density at radius 1 is 1.23 bits per heavy atom. The van der Waals surface area contributed by atoms with Crippen LogP contribution in [0.4, 0.5) is 10.3 Å². The second kappa shape index (κ2) is 7.29. The summed E-state index contributed by atoms with van der Waals surface area (Å²) in [5.41, 5.74) is 0.951. The van der Waals surface area contributed by atoms with Gasteiger partial charge in [0.25, 0.3) is 5.91 Å². The van der Waals surface area contributed by atoms with Gasteiger partial charge in [0.1, 0.15) is 5.69 Å². The van der Waals surface area contributed by atoms with Crippen LogP contribution in [-0.4, -0.2) is 37.1 Å². The molecule has 0 fully saturated rings. The standard InChI is InChI=1S/C16H18N4O3S3/c1-9(2)7-17-15-19-12(8-24-15)14(21)20-16-18-11-5-4-10(26(3,22)23)6-13(11)25-16/h4-6,8-9H,7H2,1-3H3,(H,17,19)(H,18,20,21). The van der Waals surface area contributed by atoms with E-state index in [0.29, 0.717) is 32.1 Å². The van der Waals surface area contributed by atoms with Gasteiger partial charge in [0.2, 0.25) is 0 Å². The molecule has 10 heteroatoms. The molecule has 0 saturated carbocycles. The van der Waals surface area contributed by atoms with Crippen LogP contribution in [0.1, 0.15) is 24.3 Å². The number of sulfone groups is 1. The third-order valence-corrected chi connectivity index (χ3v) is 6.25. The van der Waals surface area contributed by atoms with Crippen molar-refractivity contribution >= 4 is 58.9 Å². The molecule has 1 aromatic carbocycles. The van der Waals surface area contributed by atoms with Gasteiger partial charge in [-0.25, -0.2) is 18.4 Å². The summed E-state index contributed by atoms with van der Waals surface area (Å²) in [6.45, 7) is 4.97. The normalized spacial score (nSPS) is 11.8. The van der Waals surface area contributed by atoms with Crippen LogP contribution in [0.3, 0.4) is 0 Å². The summed E-state index contributed by atoms with van der Waals surface area (Å²) in [4.78, 5) is 21.2. The Balaban J connectivity index is 1.75. The van der Waals surface area contributed by atoms with Crippen molar-refractivity contribution in [3.8, 4) is 0 Å². The zero-order chi connectivity index (χ0) is 18.9. The summed E-state index contributed by atoms with van der Waals surface area (Å²) in [7, 11) is -3.28. The maximum atomic E-state index is 12.3. The van der Waals surface area contributed by atoms with Crippen LogP contribution < -0.4 is 10.6 Å². The molecule has 3 aromatic rings. The summed E-state index contributed by atoms with van der Waals surface area (Å²) >= 11 is 2.60. The number of aromatic nitrogens is 2. The van der Waals surface area contributed by atoms with Gasteiger partial charge >= 0.3 is 0 Å². The molecule has 0 atom stereocenters. The van der Waals surface area contributed by atoms with Crippen molar-refractivity contribution in [2.45, 2.75) is 18.7 Å². The highest BCUT2D eigenvalue weighted by Crippen LogP contribution is 2.28. The van der Waals surface area contributed by atoms with Crippen molar-refractivity contribution in [1.29, 1.82) is 0 Å². The van der Waals surface area contributed by atoms with E-state index in [2.05, 4.69) is 34.4 Å². The third kappa shape index (κ3) is 4.37. The van der Waals surface area contributed by atoms with Gasteiger partial charge in [0, 0.05) is 18.2 Å². The molecule has 0 bridgehead atoms. The molecule has 0 radical (unpaired) electrons. The van der Waals surface area contributed by atoms with Gasteiger partial charge in [0.15, 0.2) is 20.1 Å². The van der Waals surface area contributed by atoms with Crippen molar-refractivity contribution < 1.29 is 13.2 Å². The average Bonchev–Trinajstić information content (AvgIpc) is 3.17. The number of anilines is 2. The van der Waals surface area contributed by atoms with Gasteiger partial charge in [0.05, 0.1) is 15.1 Å². The summed E-state index contributed by atoms with van der Waals surface area (Å²) in [6.07, 6.45) is 1.16. The van der Waals surface area contributed by atoms with Crippen molar-refractivity contribution in [3.63, 3.8) is 0 Å². The summed E-state index contributed by atoms with van der Waals surface area (Å²) < 4.78 is 24.0. The zero-order valence-corrected chi connectivity index (χ0v) is 16.9. The van der Waals surface area contributed by atoms with E-state index in [0.717, 1.165) is 12.8 Å². The van der Waals surface area contributed by atoms with Crippen LogP contribution in [0, 0.1) is 5.92 Å². The molecular formula is C16H18N4O3S3. The van der Waals surface area contributed by atoms with E-state index in [1.807, 2.05) is 0 Å². The number of carbonyl (C=O) groups excluding carboxylic acids is 1. The molecule has 2 aromatic heterocycles. The maximum absolute atomic E-state index is 12.3. The number of fused-ring (bicyclic) bond motifs is 1. The van der Waals surface area contributed by atoms with E-state index in [4.69, 9.17) is 0 Å². The quantitative estimate of drug-likeness (QED) is 0.645. The Morgan fingerprint density at radius 2 is 2.00 bits per heavy atom. The van der Waals surface area contributed by atoms with Crippen LogP contribution in [0.5, 0.6) is 0 Å². The number of carbonyl (C=O) groups is 1. The van der Waals surface area contributed by atoms with Crippen LogP contribution >= 0.6 is 22.7 Å². The smallest absolute Gasteiger partial charge is 0.276 e. The Bertz CT molecular complexity index is 1050. The minimum atomic E-state index is -3.28. The Kier molecular flexibility index (Phi) is 5.26. The molecule has 0 saturated heterocycles. The van der Waals surface area contributed by atoms with Gasteiger partial charge in [-0.1, -0.05) is 25.2 Å². The fourth-order valence-corrected chi connectivity index (χ4v) is 4.42. The first-order chi connectivity index (χ1) is 12.2. The first-order valence-electron chi connectivity index (χ1n) is 7.84. The number of amides is 1. The molecule has 0 aliphatic carbocycles. The number of rotatable bonds is 6. The largest absolute Gasteiger partial charge is 0.361 e. The maximum Gasteiger partial charge on any atom is 0.276 e. The fraction of sp³-hybridized carbons (Fsp3) is 0.312. The number of benzene rings is 1. The van der Waals surface area contributed by atoms with Crippen molar-refractivity contribution in [2.75, 3.05) is 23.4 Å². The van der Waals surface area contributed by atoms with E-state index in [1.165, 1.54) is 28.7 Å². The molecule has 3 rings (SSSR count). The highest BCUT2D eigenvalue weighted by molar-refractivity contribution is 7.90. The first kappa shape index (κ1) is 18.7. The van der Waals surface area contributed by atoms with Gasteiger partial charge < -0.3 is 5.32 Å². The molecule has 138 valence electrons. The molecule has 2 heterocycles. The third-order valence-electron chi connectivity index (χ3n) is 3.41. The summed E-state index contributed by atoms with van der Waals surface area (Å²) in [5.74, 6) is 0.136. The second-order valence-electron chi connectivity index (χ2n) is 6.19. The highest BCUT2D eigenvalue weighted by atomic mass is 32.2. The lowest BCUT2D eigenvalue weighted by Crippen LogP contribution is -2.13. The summed E-state index contributed by atoms with van der Waals surface area (Å²) in [6, 6.07) is 4.71. The molecule has 2 N–H and O–H groups in total. The summed E-state index contributed by atoms with van der Waals surface area (Å²) in [5, 5.41) is 8.69. The van der Waals surface area contributed by atoms with Crippen molar-refractivity contribution in [3.05, 3.63) is 29.3 Å².